The third-order valence-corrected chi connectivity index (χ3v) is 3.93. The van der Waals surface area contributed by atoms with Crippen LogP contribution in [0, 0.1) is 0 Å². The summed E-state index contributed by atoms with van der Waals surface area (Å²) in [4.78, 5) is 32.1. The Morgan fingerprint density at radius 1 is 1.50 bits per heavy atom. The molecule has 7 nitrogen and oxygen atoms in total. The van der Waals surface area contributed by atoms with Gasteiger partial charge in [-0.1, -0.05) is 6.92 Å². The number of carbonyl (C=O) groups is 2. The molecule has 106 valence electrons. The fourth-order valence-electron chi connectivity index (χ4n) is 1.76. The van der Waals surface area contributed by atoms with Crippen LogP contribution in [0.1, 0.15) is 18.2 Å². The van der Waals surface area contributed by atoms with Gasteiger partial charge in [0.05, 0.1) is 11.8 Å². The van der Waals surface area contributed by atoms with Gasteiger partial charge in [0.25, 0.3) is 0 Å². The second kappa shape index (κ2) is 5.83. The lowest BCUT2D eigenvalue weighted by Gasteiger charge is -2.13. The molecule has 0 unspecified atom stereocenters. The van der Waals surface area contributed by atoms with E-state index >= 15 is 0 Å². The summed E-state index contributed by atoms with van der Waals surface area (Å²) in [5.74, 6) is -1.43. The van der Waals surface area contributed by atoms with Crippen molar-refractivity contribution in [3.8, 4) is 0 Å². The zero-order chi connectivity index (χ0) is 14.7. The smallest absolute Gasteiger partial charge is 0.326 e. The van der Waals surface area contributed by atoms with E-state index in [-0.39, 0.29) is 6.42 Å². The Bertz CT molecular complexity index is 655. The second-order valence-electron chi connectivity index (χ2n) is 4.21. The van der Waals surface area contributed by atoms with E-state index in [4.69, 9.17) is 10.8 Å². The predicted molar refractivity (Wildman–Crippen MR) is 75.7 cm³/mol. The van der Waals surface area contributed by atoms with Gasteiger partial charge in [0, 0.05) is 4.88 Å². The summed E-state index contributed by atoms with van der Waals surface area (Å²) >= 11 is 1.53. The van der Waals surface area contributed by atoms with Crippen molar-refractivity contribution in [2.24, 2.45) is 5.73 Å². The number of amides is 1. The Balaban J connectivity index is 2.34. The fraction of sp³-hybridized carbons (Fsp3) is 0.333. The standard InChI is InChI=1S/C12H14N4O3S/c1-2-6-3-7-10(14-5-15-11(7)20-6)16-8(12(18)19)4-9(13)17/h3,5,8H,2,4H2,1H3,(H2,13,17)(H,18,19)(H,14,15,16)/t8-/m0/s1. The number of thiophene rings is 1. The van der Waals surface area contributed by atoms with Crippen molar-refractivity contribution in [3.05, 3.63) is 17.3 Å². The second-order valence-corrected chi connectivity index (χ2v) is 5.33. The van der Waals surface area contributed by atoms with E-state index < -0.39 is 17.9 Å². The summed E-state index contributed by atoms with van der Waals surface area (Å²) in [6, 6.07) is 0.821. The average Bonchev–Trinajstić information content (AvgIpc) is 2.81. The number of hydrogen-bond acceptors (Lipinski definition) is 6. The molecule has 2 heterocycles. The summed E-state index contributed by atoms with van der Waals surface area (Å²) in [5.41, 5.74) is 5.05. The molecule has 0 fully saturated rings. The molecule has 0 saturated heterocycles. The van der Waals surface area contributed by atoms with Crippen molar-refractivity contribution in [2.75, 3.05) is 5.32 Å². The maximum atomic E-state index is 11.1. The highest BCUT2D eigenvalue weighted by atomic mass is 32.1. The lowest BCUT2D eigenvalue weighted by Crippen LogP contribution is -2.34. The number of primary amides is 1. The van der Waals surface area contributed by atoms with Gasteiger partial charge in [0.1, 0.15) is 23.0 Å². The van der Waals surface area contributed by atoms with Gasteiger partial charge in [-0.05, 0) is 12.5 Å². The van der Waals surface area contributed by atoms with Crippen LogP contribution in [0.4, 0.5) is 5.82 Å². The summed E-state index contributed by atoms with van der Waals surface area (Å²) in [6.45, 7) is 2.03. The van der Waals surface area contributed by atoms with Crippen LogP contribution in [0.25, 0.3) is 10.2 Å². The first-order valence-electron chi connectivity index (χ1n) is 6.02. The number of aryl methyl sites for hydroxylation is 1. The first kappa shape index (κ1) is 14.2. The Morgan fingerprint density at radius 3 is 2.85 bits per heavy atom. The highest BCUT2D eigenvalue weighted by Crippen LogP contribution is 2.28. The molecule has 4 N–H and O–H groups in total. The van der Waals surface area contributed by atoms with Crippen molar-refractivity contribution in [1.29, 1.82) is 0 Å². The molecule has 0 radical (unpaired) electrons. The quantitative estimate of drug-likeness (QED) is 0.731. The molecule has 0 aliphatic carbocycles. The molecule has 0 bridgehead atoms. The van der Waals surface area contributed by atoms with E-state index in [1.54, 1.807) is 0 Å². The average molecular weight is 294 g/mol. The molecule has 2 rings (SSSR count). The van der Waals surface area contributed by atoms with Gasteiger partial charge < -0.3 is 16.2 Å². The number of anilines is 1. The van der Waals surface area contributed by atoms with E-state index in [9.17, 15) is 9.59 Å². The number of carbonyl (C=O) groups excluding carboxylic acids is 1. The fourth-order valence-corrected chi connectivity index (χ4v) is 2.70. The van der Waals surface area contributed by atoms with E-state index in [1.165, 1.54) is 17.7 Å². The molecule has 1 atom stereocenters. The third-order valence-electron chi connectivity index (χ3n) is 2.74. The lowest BCUT2D eigenvalue weighted by atomic mass is 10.2. The molecule has 2 aromatic rings. The number of rotatable bonds is 6. The number of aliphatic carboxylic acids is 1. The van der Waals surface area contributed by atoms with Crippen LogP contribution in [0.2, 0.25) is 0 Å². The van der Waals surface area contributed by atoms with Gasteiger partial charge in [-0.2, -0.15) is 0 Å². The number of hydrogen-bond donors (Lipinski definition) is 3. The monoisotopic (exact) mass is 294 g/mol. The van der Waals surface area contributed by atoms with Crippen LogP contribution in [0.5, 0.6) is 0 Å². The Hall–Kier alpha value is -2.22. The number of nitrogens with one attached hydrogen (secondary N) is 1. The molecule has 0 saturated carbocycles. The maximum Gasteiger partial charge on any atom is 0.326 e. The molecule has 0 spiro atoms. The van der Waals surface area contributed by atoms with E-state index in [1.807, 2.05) is 13.0 Å². The van der Waals surface area contributed by atoms with Crippen LogP contribution in [-0.2, 0) is 16.0 Å². The van der Waals surface area contributed by atoms with Gasteiger partial charge in [-0.3, -0.25) is 4.79 Å². The first-order chi connectivity index (χ1) is 9.51. The molecule has 0 aromatic carbocycles. The van der Waals surface area contributed by atoms with Gasteiger partial charge in [0.2, 0.25) is 5.91 Å². The zero-order valence-electron chi connectivity index (χ0n) is 10.8. The minimum Gasteiger partial charge on any atom is -0.480 e. The van der Waals surface area contributed by atoms with Gasteiger partial charge in [-0.15, -0.1) is 11.3 Å². The zero-order valence-corrected chi connectivity index (χ0v) is 11.6. The minimum atomic E-state index is -1.15. The summed E-state index contributed by atoms with van der Waals surface area (Å²) in [5, 5.41) is 12.6. The molecular formula is C12H14N4O3S. The predicted octanol–water partition coefficient (Wildman–Crippen LogP) is 0.994. The molecular weight excluding hydrogens is 280 g/mol. The van der Waals surface area contributed by atoms with Crippen molar-refractivity contribution in [2.45, 2.75) is 25.8 Å². The van der Waals surface area contributed by atoms with Gasteiger partial charge in [-0.25, -0.2) is 14.8 Å². The van der Waals surface area contributed by atoms with Gasteiger partial charge in [0.15, 0.2) is 0 Å². The first-order valence-corrected chi connectivity index (χ1v) is 6.84. The van der Waals surface area contributed by atoms with E-state index in [0.29, 0.717) is 5.82 Å². The number of nitrogens with two attached hydrogens (primary N) is 1. The molecule has 0 aliphatic heterocycles. The van der Waals surface area contributed by atoms with Crippen molar-refractivity contribution >= 4 is 39.2 Å². The number of nitrogens with zero attached hydrogens (tertiary/aromatic N) is 2. The Kier molecular flexibility index (Phi) is 4.14. The SMILES string of the molecule is CCc1cc2c(N[C@@H](CC(N)=O)C(=O)O)ncnc2s1. The maximum absolute atomic E-state index is 11.1. The molecule has 1 amide bonds. The highest BCUT2D eigenvalue weighted by molar-refractivity contribution is 7.18. The van der Waals surface area contributed by atoms with E-state index in [0.717, 1.165) is 21.5 Å². The van der Waals surface area contributed by atoms with Crippen LogP contribution >= 0.6 is 11.3 Å². The molecule has 0 aliphatic rings. The number of fused-ring (bicyclic) bond motifs is 1. The summed E-state index contributed by atoms with van der Waals surface area (Å²) < 4.78 is 0. The molecule has 20 heavy (non-hydrogen) atoms. The van der Waals surface area contributed by atoms with Crippen molar-refractivity contribution in [1.82, 2.24) is 9.97 Å². The Morgan fingerprint density at radius 2 is 2.25 bits per heavy atom. The van der Waals surface area contributed by atoms with Gasteiger partial charge >= 0.3 is 5.97 Å². The van der Waals surface area contributed by atoms with Crippen LogP contribution < -0.4 is 11.1 Å². The van der Waals surface area contributed by atoms with Crippen LogP contribution in [0.15, 0.2) is 12.4 Å². The largest absolute Gasteiger partial charge is 0.480 e. The van der Waals surface area contributed by atoms with Crippen LogP contribution in [-0.4, -0.2) is 33.0 Å². The minimum absolute atomic E-state index is 0.300. The summed E-state index contributed by atoms with van der Waals surface area (Å²) in [7, 11) is 0. The third kappa shape index (κ3) is 3.02. The highest BCUT2D eigenvalue weighted by Gasteiger charge is 2.21. The summed E-state index contributed by atoms with van der Waals surface area (Å²) in [6.07, 6.45) is 1.93. The van der Waals surface area contributed by atoms with Crippen molar-refractivity contribution < 1.29 is 14.7 Å². The molecule has 8 heteroatoms. The van der Waals surface area contributed by atoms with Crippen molar-refractivity contribution in [3.63, 3.8) is 0 Å². The normalized spacial score (nSPS) is 12.2. The lowest BCUT2D eigenvalue weighted by molar-refractivity contribution is -0.139. The van der Waals surface area contributed by atoms with E-state index in [2.05, 4.69) is 15.3 Å². The number of carboxylic acid groups (broad SMARTS) is 1. The number of aromatic nitrogens is 2. The Labute approximate surface area is 118 Å². The number of carboxylic acids is 1. The topological polar surface area (TPSA) is 118 Å². The van der Waals surface area contributed by atoms with Crippen LogP contribution in [0.3, 0.4) is 0 Å². The molecule has 2 aromatic heterocycles.